The summed E-state index contributed by atoms with van der Waals surface area (Å²) in [5.41, 5.74) is 0.592. The monoisotopic (exact) mass is 362 g/mol. The smallest absolute Gasteiger partial charge is 0.104 e. The topological polar surface area (TPSA) is 43.5 Å². The molecule has 0 spiro atoms. The van der Waals surface area contributed by atoms with Crippen LogP contribution in [0.4, 0.5) is 0 Å². The van der Waals surface area contributed by atoms with E-state index in [1.165, 1.54) is 51.4 Å². The Morgan fingerprint density at radius 3 is 1.88 bits per heavy atom. The lowest BCUT2D eigenvalue weighted by Crippen LogP contribution is -2.54. The van der Waals surface area contributed by atoms with E-state index in [0.717, 1.165) is 56.5 Å². The molecule has 0 amide bonds. The number of hydrogen-bond donors (Lipinski definition) is 0. The van der Waals surface area contributed by atoms with E-state index < -0.39 is 0 Å². The van der Waals surface area contributed by atoms with Crippen LogP contribution >= 0.6 is 0 Å². The molecule has 4 heteroatoms. The highest BCUT2D eigenvalue weighted by atomic mass is 16.6. The zero-order chi connectivity index (χ0) is 17.1. The Morgan fingerprint density at radius 2 is 1.31 bits per heavy atom. The quantitative estimate of drug-likeness (QED) is 0.650. The number of epoxide rings is 2. The second kappa shape index (κ2) is 6.43. The van der Waals surface area contributed by atoms with Crippen molar-refractivity contribution in [3.63, 3.8) is 0 Å². The molecular formula is C22H34O4. The van der Waals surface area contributed by atoms with Gasteiger partial charge in [-0.25, -0.2) is 0 Å². The number of ether oxygens (including phenoxy) is 4. The van der Waals surface area contributed by atoms with Crippen LogP contribution in [0.25, 0.3) is 0 Å². The Labute approximate surface area is 157 Å². The normalized spacial score (nSPS) is 54.5. The predicted octanol–water partition coefficient (Wildman–Crippen LogP) is 3.57. The van der Waals surface area contributed by atoms with Gasteiger partial charge >= 0.3 is 0 Å². The summed E-state index contributed by atoms with van der Waals surface area (Å²) in [4.78, 5) is 0. The van der Waals surface area contributed by atoms with E-state index in [-0.39, 0.29) is 0 Å². The highest BCUT2D eigenvalue weighted by molar-refractivity contribution is 5.06. The van der Waals surface area contributed by atoms with Gasteiger partial charge in [0.25, 0.3) is 0 Å². The molecule has 4 bridgehead atoms. The van der Waals surface area contributed by atoms with Gasteiger partial charge in [-0.1, -0.05) is 0 Å². The molecule has 5 unspecified atom stereocenters. The van der Waals surface area contributed by atoms with Crippen molar-refractivity contribution < 1.29 is 18.9 Å². The van der Waals surface area contributed by atoms with Crippen LogP contribution < -0.4 is 0 Å². The molecule has 2 heterocycles. The first-order chi connectivity index (χ1) is 12.8. The molecule has 0 aromatic heterocycles. The third-order valence-corrected chi connectivity index (χ3v) is 8.43. The molecule has 0 aromatic carbocycles. The average molecular weight is 363 g/mol. The Balaban J connectivity index is 1.17. The summed E-state index contributed by atoms with van der Waals surface area (Å²) in [6, 6.07) is 0. The van der Waals surface area contributed by atoms with E-state index >= 15 is 0 Å². The van der Waals surface area contributed by atoms with Crippen molar-refractivity contribution in [1.82, 2.24) is 0 Å². The van der Waals surface area contributed by atoms with Gasteiger partial charge in [0, 0.05) is 6.42 Å². The molecule has 7 rings (SSSR count). The third-order valence-electron chi connectivity index (χ3n) is 8.43. The molecular weight excluding hydrogens is 328 g/mol. The fourth-order valence-electron chi connectivity index (χ4n) is 7.56. The van der Waals surface area contributed by atoms with Gasteiger partial charge < -0.3 is 18.9 Å². The zero-order valence-electron chi connectivity index (χ0n) is 15.9. The van der Waals surface area contributed by atoms with Gasteiger partial charge in [0.15, 0.2) is 0 Å². The molecule has 2 aliphatic heterocycles. The Morgan fingerprint density at radius 1 is 0.731 bits per heavy atom. The van der Waals surface area contributed by atoms with Gasteiger partial charge in [0.2, 0.25) is 0 Å². The Kier molecular flexibility index (Phi) is 4.15. The highest BCUT2D eigenvalue weighted by Crippen LogP contribution is 2.64. The van der Waals surface area contributed by atoms with Gasteiger partial charge in [-0.3, -0.25) is 0 Å². The lowest BCUT2D eigenvalue weighted by molar-refractivity contribution is -0.159. The third kappa shape index (κ3) is 3.25. The van der Waals surface area contributed by atoms with Crippen LogP contribution in [-0.4, -0.2) is 50.8 Å². The molecule has 4 nitrogen and oxygen atoms in total. The summed E-state index contributed by atoms with van der Waals surface area (Å²) in [5, 5.41) is 0. The van der Waals surface area contributed by atoms with Gasteiger partial charge in [0.1, 0.15) is 12.2 Å². The van der Waals surface area contributed by atoms with Crippen molar-refractivity contribution in [2.45, 2.75) is 82.2 Å². The zero-order valence-corrected chi connectivity index (χ0v) is 15.9. The van der Waals surface area contributed by atoms with E-state index in [0.29, 0.717) is 29.8 Å². The van der Waals surface area contributed by atoms with Crippen LogP contribution in [0.1, 0.15) is 57.8 Å². The van der Waals surface area contributed by atoms with Crippen molar-refractivity contribution in [3.8, 4) is 0 Å². The van der Waals surface area contributed by atoms with Crippen molar-refractivity contribution in [1.29, 1.82) is 0 Å². The Bertz CT molecular complexity index is 491. The van der Waals surface area contributed by atoms with Gasteiger partial charge in [0.05, 0.1) is 38.6 Å². The molecule has 2 saturated heterocycles. The SMILES string of the molecule is C1C2CC3CC1CC(C1CCC(OCC4CO4)CC1OCC1CO1)(C2)C3. The molecule has 0 N–H and O–H groups in total. The molecule has 5 atom stereocenters. The summed E-state index contributed by atoms with van der Waals surface area (Å²) < 4.78 is 23.5. The van der Waals surface area contributed by atoms with Crippen molar-refractivity contribution in [3.05, 3.63) is 0 Å². The van der Waals surface area contributed by atoms with Crippen LogP contribution in [0, 0.1) is 29.1 Å². The van der Waals surface area contributed by atoms with E-state index in [1.54, 1.807) is 0 Å². The first-order valence-electron chi connectivity index (χ1n) is 11.2. The van der Waals surface area contributed by atoms with Crippen LogP contribution in [0.15, 0.2) is 0 Å². The Hall–Kier alpha value is -0.160. The van der Waals surface area contributed by atoms with E-state index in [2.05, 4.69) is 0 Å². The molecule has 7 fully saturated rings. The molecule has 26 heavy (non-hydrogen) atoms. The highest BCUT2D eigenvalue weighted by Gasteiger charge is 2.56. The van der Waals surface area contributed by atoms with Gasteiger partial charge in [-0.2, -0.15) is 0 Å². The lowest BCUT2D eigenvalue weighted by atomic mass is 9.45. The molecule has 7 aliphatic rings. The molecule has 146 valence electrons. The second-order valence-corrected chi connectivity index (χ2v) is 10.4. The lowest BCUT2D eigenvalue weighted by Gasteiger charge is -2.61. The van der Waals surface area contributed by atoms with E-state index in [4.69, 9.17) is 18.9 Å². The minimum Gasteiger partial charge on any atom is -0.375 e. The summed E-state index contributed by atoms with van der Waals surface area (Å²) in [6.07, 6.45) is 14.2. The first kappa shape index (κ1) is 16.8. The van der Waals surface area contributed by atoms with E-state index in [9.17, 15) is 0 Å². The summed E-state index contributed by atoms with van der Waals surface area (Å²) in [6.45, 7) is 3.37. The fourth-order valence-corrected chi connectivity index (χ4v) is 7.56. The van der Waals surface area contributed by atoms with Gasteiger partial charge in [-0.15, -0.1) is 0 Å². The maximum Gasteiger partial charge on any atom is 0.104 e. The van der Waals surface area contributed by atoms with Crippen LogP contribution in [0.5, 0.6) is 0 Å². The van der Waals surface area contributed by atoms with Crippen LogP contribution in [0.2, 0.25) is 0 Å². The number of rotatable bonds is 7. The summed E-state index contributed by atoms with van der Waals surface area (Å²) >= 11 is 0. The second-order valence-electron chi connectivity index (χ2n) is 10.4. The van der Waals surface area contributed by atoms with E-state index in [1.807, 2.05) is 0 Å². The largest absolute Gasteiger partial charge is 0.375 e. The molecule has 5 aliphatic carbocycles. The summed E-state index contributed by atoms with van der Waals surface area (Å²) in [7, 11) is 0. The maximum atomic E-state index is 6.53. The van der Waals surface area contributed by atoms with Crippen molar-refractivity contribution >= 4 is 0 Å². The molecule has 5 saturated carbocycles. The van der Waals surface area contributed by atoms with Crippen LogP contribution in [-0.2, 0) is 18.9 Å². The molecule has 0 radical (unpaired) electrons. The van der Waals surface area contributed by atoms with Crippen LogP contribution in [0.3, 0.4) is 0 Å². The predicted molar refractivity (Wildman–Crippen MR) is 96.9 cm³/mol. The average Bonchev–Trinajstić information content (AvgIpc) is 3.52. The standard InChI is InChI=1S/C22H34O4/c1-2-20(22-7-14-3-15(8-22)5-16(4-14)9-22)21(26-13-19-12-25-19)6-17(1)23-10-18-11-24-18/h14-21H,1-13H2. The van der Waals surface area contributed by atoms with Crippen molar-refractivity contribution in [2.24, 2.45) is 29.1 Å². The fraction of sp³-hybridized carbons (Fsp3) is 1.00. The first-order valence-corrected chi connectivity index (χ1v) is 11.2. The minimum atomic E-state index is 0.369. The van der Waals surface area contributed by atoms with Crippen molar-refractivity contribution in [2.75, 3.05) is 26.4 Å². The molecule has 0 aromatic rings. The minimum absolute atomic E-state index is 0.369. The van der Waals surface area contributed by atoms with Gasteiger partial charge in [-0.05, 0) is 80.5 Å². The maximum absolute atomic E-state index is 6.53. The summed E-state index contributed by atoms with van der Waals surface area (Å²) in [5.74, 6) is 3.82. The number of hydrogen-bond acceptors (Lipinski definition) is 4.